The van der Waals surface area contributed by atoms with Crippen molar-refractivity contribution in [1.82, 2.24) is 24.8 Å². The Morgan fingerprint density at radius 3 is 2.82 bits per heavy atom. The van der Waals surface area contributed by atoms with Crippen molar-refractivity contribution in [3.05, 3.63) is 46.7 Å². The molecule has 2 fully saturated rings. The third-order valence-electron chi connectivity index (χ3n) is 5.76. The van der Waals surface area contributed by atoms with E-state index in [-0.39, 0.29) is 5.91 Å². The van der Waals surface area contributed by atoms with E-state index in [1.165, 1.54) is 38.8 Å². The zero-order chi connectivity index (χ0) is 19.3. The number of hydrogen-bond donors (Lipinski definition) is 0. The summed E-state index contributed by atoms with van der Waals surface area (Å²) in [6, 6.07) is 7.65. The fraction of sp³-hybridized carbons (Fsp3) is 0.571. The molecule has 0 aliphatic carbocycles. The van der Waals surface area contributed by atoms with Crippen molar-refractivity contribution in [3.8, 4) is 0 Å². The van der Waals surface area contributed by atoms with Gasteiger partial charge in [-0.2, -0.15) is 0 Å². The Morgan fingerprint density at radius 1 is 1.14 bits per heavy atom. The van der Waals surface area contributed by atoms with Gasteiger partial charge in [-0.1, -0.05) is 35.4 Å². The van der Waals surface area contributed by atoms with Crippen molar-refractivity contribution in [3.63, 3.8) is 0 Å². The molecule has 1 aromatic heterocycles. The summed E-state index contributed by atoms with van der Waals surface area (Å²) in [5.74, 6) is 0.568. The summed E-state index contributed by atoms with van der Waals surface area (Å²) >= 11 is 6.04. The van der Waals surface area contributed by atoms with Gasteiger partial charge in [0.25, 0.3) is 5.91 Å². The predicted molar refractivity (Wildman–Crippen MR) is 109 cm³/mol. The SMILES string of the molecule is O=C(c1cn(Cc2cccc(Cl)c2)nn1)N1CCC[C@H](CN2CCCCC2)C1. The summed E-state index contributed by atoms with van der Waals surface area (Å²) in [6.45, 7) is 5.74. The Balaban J connectivity index is 1.35. The van der Waals surface area contributed by atoms with Crippen LogP contribution in [-0.4, -0.2) is 63.4 Å². The first-order valence-corrected chi connectivity index (χ1v) is 10.7. The topological polar surface area (TPSA) is 54.3 Å². The minimum atomic E-state index is 0.000637. The largest absolute Gasteiger partial charge is 0.337 e. The molecule has 1 atom stereocenters. The molecule has 4 rings (SSSR count). The third-order valence-corrected chi connectivity index (χ3v) is 6.00. The van der Waals surface area contributed by atoms with Gasteiger partial charge < -0.3 is 9.80 Å². The Morgan fingerprint density at radius 2 is 2.00 bits per heavy atom. The van der Waals surface area contributed by atoms with Gasteiger partial charge in [0.1, 0.15) is 0 Å². The van der Waals surface area contributed by atoms with Crippen LogP contribution in [0.25, 0.3) is 0 Å². The highest BCUT2D eigenvalue weighted by Gasteiger charge is 2.27. The molecule has 7 heteroatoms. The maximum absolute atomic E-state index is 12.9. The van der Waals surface area contributed by atoms with E-state index in [1.807, 2.05) is 29.2 Å². The fourth-order valence-electron chi connectivity index (χ4n) is 4.36. The minimum absolute atomic E-state index is 0.000637. The Labute approximate surface area is 171 Å². The molecule has 28 heavy (non-hydrogen) atoms. The molecule has 0 N–H and O–H groups in total. The van der Waals surface area contributed by atoms with Crippen molar-refractivity contribution in [2.24, 2.45) is 5.92 Å². The number of carbonyl (C=O) groups is 1. The highest BCUT2D eigenvalue weighted by molar-refractivity contribution is 6.30. The molecule has 0 radical (unpaired) electrons. The summed E-state index contributed by atoms with van der Waals surface area (Å²) in [6.07, 6.45) is 8.01. The average Bonchev–Trinajstić information content (AvgIpc) is 3.17. The number of likely N-dealkylation sites (tertiary alicyclic amines) is 2. The van der Waals surface area contributed by atoms with E-state index in [1.54, 1.807) is 10.9 Å². The maximum Gasteiger partial charge on any atom is 0.276 e. The van der Waals surface area contributed by atoms with Gasteiger partial charge in [0.05, 0.1) is 12.7 Å². The molecule has 3 heterocycles. The smallest absolute Gasteiger partial charge is 0.276 e. The van der Waals surface area contributed by atoms with E-state index in [2.05, 4.69) is 15.2 Å². The van der Waals surface area contributed by atoms with Crippen LogP contribution in [0, 0.1) is 5.92 Å². The maximum atomic E-state index is 12.9. The quantitative estimate of drug-likeness (QED) is 0.771. The second-order valence-electron chi connectivity index (χ2n) is 8.05. The van der Waals surface area contributed by atoms with Crippen LogP contribution in [0.15, 0.2) is 30.5 Å². The second kappa shape index (κ2) is 9.05. The lowest BCUT2D eigenvalue weighted by Gasteiger charge is -2.36. The number of amides is 1. The highest BCUT2D eigenvalue weighted by atomic mass is 35.5. The third kappa shape index (κ3) is 4.92. The number of hydrogen-bond acceptors (Lipinski definition) is 4. The molecule has 2 aliphatic heterocycles. The first-order valence-electron chi connectivity index (χ1n) is 10.3. The summed E-state index contributed by atoms with van der Waals surface area (Å²) in [5.41, 5.74) is 1.47. The van der Waals surface area contributed by atoms with Crippen LogP contribution in [0.1, 0.15) is 48.2 Å². The van der Waals surface area contributed by atoms with Crippen molar-refractivity contribution < 1.29 is 4.79 Å². The Hall–Kier alpha value is -1.92. The van der Waals surface area contributed by atoms with Gasteiger partial charge in [-0.25, -0.2) is 4.68 Å². The first kappa shape index (κ1) is 19.4. The molecule has 1 aromatic carbocycles. The lowest BCUT2D eigenvalue weighted by Crippen LogP contribution is -2.44. The molecule has 1 amide bonds. The van der Waals surface area contributed by atoms with E-state index < -0.39 is 0 Å². The number of carbonyl (C=O) groups excluding carboxylic acids is 1. The van der Waals surface area contributed by atoms with E-state index in [4.69, 9.17) is 11.6 Å². The lowest BCUT2D eigenvalue weighted by atomic mass is 9.96. The first-order chi connectivity index (χ1) is 13.7. The summed E-state index contributed by atoms with van der Waals surface area (Å²) in [7, 11) is 0. The van der Waals surface area contributed by atoms with E-state index >= 15 is 0 Å². The monoisotopic (exact) mass is 401 g/mol. The molecule has 0 unspecified atom stereocenters. The van der Waals surface area contributed by atoms with Gasteiger partial charge in [-0.3, -0.25) is 4.79 Å². The molecular weight excluding hydrogens is 374 g/mol. The molecule has 0 saturated carbocycles. The number of halogens is 1. The van der Waals surface area contributed by atoms with Crippen molar-refractivity contribution >= 4 is 17.5 Å². The van der Waals surface area contributed by atoms with Gasteiger partial charge in [-0.15, -0.1) is 5.10 Å². The van der Waals surface area contributed by atoms with Crippen LogP contribution in [0.5, 0.6) is 0 Å². The van der Waals surface area contributed by atoms with Crippen molar-refractivity contribution in [2.45, 2.75) is 38.6 Å². The predicted octanol–water partition coefficient (Wildman–Crippen LogP) is 3.32. The van der Waals surface area contributed by atoms with Crippen LogP contribution < -0.4 is 0 Å². The van der Waals surface area contributed by atoms with Crippen LogP contribution in [-0.2, 0) is 6.54 Å². The number of rotatable bonds is 5. The van der Waals surface area contributed by atoms with Crippen LogP contribution in [0.3, 0.4) is 0 Å². The molecular formula is C21H28ClN5O. The number of benzene rings is 1. The number of piperidine rings is 2. The zero-order valence-electron chi connectivity index (χ0n) is 16.3. The Bertz CT molecular complexity index is 802. The van der Waals surface area contributed by atoms with Crippen LogP contribution in [0.4, 0.5) is 0 Å². The van der Waals surface area contributed by atoms with Gasteiger partial charge in [0.2, 0.25) is 0 Å². The zero-order valence-corrected chi connectivity index (χ0v) is 17.0. The minimum Gasteiger partial charge on any atom is -0.337 e. The normalized spacial score (nSPS) is 21.0. The summed E-state index contributed by atoms with van der Waals surface area (Å²) < 4.78 is 1.70. The number of nitrogens with zero attached hydrogens (tertiary/aromatic N) is 5. The van der Waals surface area contributed by atoms with Crippen LogP contribution in [0.2, 0.25) is 5.02 Å². The second-order valence-corrected chi connectivity index (χ2v) is 8.49. The molecule has 6 nitrogen and oxygen atoms in total. The number of aromatic nitrogens is 3. The summed E-state index contributed by atoms with van der Waals surface area (Å²) in [4.78, 5) is 17.5. The van der Waals surface area contributed by atoms with E-state index in [0.717, 1.165) is 31.6 Å². The molecule has 2 aliphatic rings. The van der Waals surface area contributed by atoms with Crippen molar-refractivity contribution in [2.75, 3.05) is 32.7 Å². The summed E-state index contributed by atoms with van der Waals surface area (Å²) in [5, 5.41) is 8.96. The van der Waals surface area contributed by atoms with Crippen molar-refractivity contribution in [1.29, 1.82) is 0 Å². The van der Waals surface area contributed by atoms with Gasteiger partial charge in [0.15, 0.2) is 5.69 Å². The van der Waals surface area contributed by atoms with Gasteiger partial charge in [-0.05, 0) is 62.4 Å². The highest BCUT2D eigenvalue weighted by Crippen LogP contribution is 2.21. The van der Waals surface area contributed by atoms with Gasteiger partial charge in [0, 0.05) is 24.7 Å². The molecule has 0 spiro atoms. The molecule has 0 bridgehead atoms. The fourth-order valence-corrected chi connectivity index (χ4v) is 4.58. The van der Waals surface area contributed by atoms with E-state index in [0.29, 0.717) is 23.2 Å². The molecule has 2 aromatic rings. The molecule has 150 valence electrons. The average molecular weight is 402 g/mol. The standard InChI is InChI=1S/C21H28ClN5O/c22-19-8-4-6-17(12-19)15-27-16-20(23-24-27)21(28)26-11-5-7-18(14-26)13-25-9-2-1-3-10-25/h4,6,8,12,16,18H,1-3,5,7,9-11,13-15H2/t18-/m1/s1. The van der Waals surface area contributed by atoms with Gasteiger partial charge >= 0.3 is 0 Å². The van der Waals surface area contributed by atoms with E-state index in [9.17, 15) is 4.79 Å². The Kier molecular flexibility index (Phi) is 6.27. The van der Waals surface area contributed by atoms with Crippen LogP contribution >= 0.6 is 11.6 Å². The molecule has 2 saturated heterocycles. The lowest BCUT2D eigenvalue weighted by molar-refractivity contribution is 0.0625.